The fourth-order valence-corrected chi connectivity index (χ4v) is 3.91. The van der Waals surface area contributed by atoms with Crippen LogP contribution in [0, 0.1) is 5.92 Å². The molecule has 1 unspecified atom stereocenters. The van der Waals surface area contributed by atoms with Crippen LogP contribution in [-0.2, 0) is 11.3 Å². The van der Waals surface area contributed by atoms with E-state index in [1.165, 1.54) is 11.8 Å². The highest BCUT2D eigenvalue weighted by Crippen LogP contribution is 2.21. The van der Waals surface area contributed by atoms with Crippen molar-refractivity contribution in [3.8, 4) is 0 Å². The number of carbonyl (C=O) groups is 2. The number of pyridine rings is 1. The van der Waals surface area contributed by atoms with Crippen LogP contribution in [0.2, 0.25) is 5.02 Å². The van der Waals surface area contributed by atoms with Gasteiger partial charge < -0.3 is 10.1 Å². The summed E-state index contributed by atoms with van der Waals surface area (Å²) < 4.78 is 5.46. The van der Waals surface area contributed by atoms with Crippen LogP contribution in [0.5, 0.6) is 0 Å². The van der Waals surface area contributed by atoms with Crippen LogP contribution in [0.4, 0.5) is 16.3 Å². The highest BCUT2D eigenvalue weighted by atomic mass is 35.5. The third kappa shape index (κ3) is 6.54. The molecule has 0 radical (unpaired) electrons. The zero-order valence-corrected chi connectivity index (χ0v) is 18.8. The van der Waals surface area contributed by atoms with E-state index >= 15 is 0 Å². The first kappa shape index (κ1) is 22.8. The minimum absolute atomic E-state index is 0.286. The minimum atomic E-state index is -0.582. The number of hydrogen-bond donors (Lipinski definition) is 2. The number of benzene rings is 2. The van der Waals surface area contributed by atoms with Crippen molar-refractivity contribution in [3.63, 3.8) is 0 Å². The van der Waals surface area contributed by atoms with E-state index in [1.807, 2.05) is 18.2 Å². The predicted octanol–water partition coefficient (Wildman–Crippen LogP) is 5.06. The third-order valence-corrected chi connectivity index (χ3v) is 5.67. The molecule has 0 bridgehead atoms. The number of nitrogens with one attached hydrogen (secondary N) is 2. The normalized spacial score (nSPS) is 15.7. The Balaban J connectivity index is 1.27. The fourth-order valence-electron chi connectivity index (χ4n) is 3.80. The predicted molar refractivity (Wildman–Crippen MR) is 128 cm³/mol. The number of hydrogen-bond acceptors (Lipinski definition) is 5. The number of para-hydroxylation sites is 1. The summed E-state index contributed by atoms with van der Waals surface area (Å²) in [6.07, 6.45) is 1.84. The van der Waals surface area contributed by atoms with Crippen molar-refractivity contribution in [1.29, 1.82) is 0 Å². The van der Waals surface area contributed by atoms with E-state index in [1.54, 1.807) is 36.4 Å². The van der Waals surface area contributed by atoms with Gasteiger partial charge in [-0.2, -0.15) is 0 Å². The summed E-state index contributed by atoms with van der Waals surface area (Å²) in [5.41, 5.74) is 1.95. The standard InChI is InChI=1S/C25H25ClN4O3/c26-20-10-11-23(27-14-20)29-24(31)21-8-4-5-9-22(21)28-25(32)33-17-19-12-13-30(16-19)15-18-6-2-1-3-7-18/h1-11,14,19H,12-13,15-17H2,(H,28,32)(H,27,29,31). The molecule has 2 aromatic carbocycles. The lowest BCUT2D eigenvalue weighted by atomic mass is 10.1. The summed E-state index contributed by atoms with van der Waals surface area (Å²) in [4.78, 5) is 31.5. The Morgan fingerprint density at radius 2 is 1.82 bits per heavy atom. The molecule has 8 heteroatoms. The van der Waals surface area contributed by atoms with Crippen LogP contribution < -0.4 is 10.6 Å². The molecule has 1 aliphatic heterocycles. The summed E-state index contributed by atoms with van der Waals surface area (Å²) in [7, 11) is 0. The summed E-state index contributed by atoms with van der Waals surface area (Å²) in [5, 5.41) is 5.85. The van der Waals surface area contributed by atoms with Crippen LogP contribution in [0.15, 0.2) is 72.9 Å². The quantitative estimate of drug-likeness (QED) is 0.510. The largest absolute Gasteiger partial charge is 0.449 e. The molecule has 1 atom stereocenters. The number of halogens is 1. The van der Waals surface area contributed by atoms with E-state index in [0.717, 1.165) is 26.1 Å². The number of aromatic nitrogens is 1. The van der Waals surface area contributed by atoms with E-state index < -0.39 is 12.0 Å². The molecule has 4 rings (SSSR count). The van der Waals surface area contributed by atoms with Crippen molar-refractivity contribution >= 4 is 35.1 Å². The van der Waals surface area contributed by atoms with Crippen molar-refractivity contribution in [2.24, 2.45) is 5.92 Å². The van der Waals surface area contributed by atoms with Crippen LogP contribution >= 0.6 is 11.6 Å². The second kappa shape index (κ2) is 10.9. The molecule has 1 fully saturated rings. The third-order valence-electron chi connectivity index (χ3n) is 5.45. The second-order valence-electron chi connectivity index (χ2n) is 7.96. The zero-order chi connectivity index (χ0) is 23.0. The van der Waals surface area contributed by atoms with Gasteiger partial charge in [0.25, 0.3) is 5.91 Å². The Hall–Kier alpha value is -3.42. The molecule has 3 aromatic rings. The summed E-state index contributed by atoms with van der Waals surface area (Å²) in [6.45, 7) is 3.09. The van der Waals surface area contributed by atoms with Gasteiger partial charge in [-0.25, -0.2) is 9.78 Å². The molecule has 7 nitrogen and oxygen atoms in total. The first-order chi connectivity index (χ1) is 16.1. The molecular formula is C25H25ClN4O3. The first-order valence-electron chi connectivity index (χ1n) is 10.8. The first-order valence-corrected chi connectivity index (χ1v) is 11.2. The molecule has 0 aliphatic carbocycles. The van der Waals surface area contributed by atoms with Gasteiger partial charge in [0.15, 0.2) is 0 Å². The van der Waals surface area contributed by atoms with Gasteiger partial charge in [0.05, 0.1) is 22.9 Å². The molecular weight excluding hydrogens is 440 g/mol. The number of likely N-dealkylation sites (tertiary alicyclic amines) is 1. The van der Waals surface area contributed by atoms with Crippen LogP contribution in [-0.4, -0.2) is 41.6 Å². The van der Waals surface area contributed by atoms with E-state index in [-0.39, 0.29) is 5.92 Å². The minimum Gasteiger partial charge on any atom is -0.449 e. The van der Waals surface area contributed by atoms with Crippen molar-refractivity contribution in [3.05, 3.63) is 89.1 Å². The Kier molecular flexibility index (Phi) is 7.55. The van der Waals surface area contributed by atoms with Gasteiger partial charge >= 0.3 is 6.09 Å². The summed E-state index contributed by atoms with van der Waals surface area (Å²) in [5.74, 6) is 0.255. The van der Waals surface area contributed by atoms with Crippen LogP contribution in [0.25, 0.3) is 0 Å². The van der Waals surface area contributed by atoms with Gasteiger partial charge in [0, 0.05) is 25.2 Å². The molecule has 1 saturated heterocycles. The zero-order valence-electron chi connectivity index (χ0n) is 18.0. The van der Waals surface area contributed by atoms with Gasteiger partial charge in [-0.1, -0.05) is 54.1 Å². The Bertz CT molecular complexity index is 1090. The average Bonchev–Trinajstić information content (AvgIpc) is 3.27. The van der Waals surface area contributed by atoms with Crippen LogP contribution in [0.1, 0.15) is 22.3 Å². The maximum absolute atomic E-state index is 12.7. The number of ether oxygens (including phenoxy) is 1. The smallest absolute Gasteiger partial charge is 0.411 e. The van der Waals surface area contributed by atoms with E-state index in [0.29, 0.717) is 28.7 Å². The fraction of sp³-hybridized carbons (Fsp3) is 0.240. The maximum Gasteiger partial charge on any atom is 0.411 e. The average molecular weight is 465 g/mol. The molecule has 2 N–H and O–H groups in total. The van der Waals surface area contributed by atoms with E-state index in [4.69, 9.17) is 16.3 Å². The van der Waals surface area contributed by atoms with E-state index in [2.05, 4.69) is 32.7 Å². The van der Waals surface area contributed by atoms with Gasteiger partial charge in [-0.15, -0.1) is 0 Å². The van der Waals surface area contributed by atoms with Crippen molar-refractivity contribution < 1.29 is 14.3 Å². The number of rotatable bonds is 7. The molecule has 0 saturated carbocycles. The number of nitrogens with zero attached hydrogens (tertiary/aromatic N) is 2. The molecule has 2 heterocycles. The maximum atomic E-state index is 12.7. The highest BCUT2D eigenvalue weighted by Gasteiger charge is 2.24. The highest BCUT2D eigenvalue weighted by molar-refractivity contribution is 6.30. The second-order valence-corrected chi connectivity index (χ2v) is 8.40. The molecule has 1 aliphatic rings. The Morgan fingerprint density at radius 1 is 1.03 bits per heavy atom. The molecule has 2 amide bonds. The summed E-state index contributed by atoms with van der Waals surface area (Å²) in [6, 6.07) is 20.3. The molecule has 170 valence electrons. The van der Waals surface area contributed by atoms with Crippen molar-refractivity contribution in [1.82, 2.24) is 9.88 Å². The lowest BCUT2D eigenvalue weighted by Crippen LogP contribution is -2.24. The van der Waals surface area contributed by atoms with E-state index in [9.17, 15) is 9.59 Å². The SMILES string of the molecule is O=C(Nc1ccccc1C(=O)Nc1ccc(Cl)cn1)OCC1CCN(Cc2ccccc2)C1. The van der Waals surface area contributed by atoms with Gasteiger partial charge in [-0.3, -0.25) is 15.0 Å². The van der Waals surface area contributed by atoms with Crippen molar-refractivity contribution in [2.45, 2.75) is 13.0 Å². The molecule has 1 aromatic heterocycles. The van der Waals surface area contributed by atoms with Crippen molar-refractivity contribution in [2.75, 3.05) is 30.3 Å². The van der Waals surface area contributed by atoms with Gasteiger partial charge in [0.2, 0.25) is 0 Å². The van der Waals surface area contributed by atoms with Gasteiger partial charge in [-0.05, 0) is 42.8 Å². The lowest BCUT2D eigenvalue weighted by Gasteiger charge is -2.16. The summed E-state index contributed by atoms with van der Waals surface area (Å²) >= 11 is 5.83. The topological polar surface area (TPSA) is 83.6 Å². The van der Waals surface area contributed by atoms with Crippen LogP contribution in [0.3, 0.4) is 0 Å². The Labute approximate surface area is 197 Å². The van der Waals surface area contributed by atoms with Gasteiger partial charge in [0.1, 0.15) is 5.82 Å². The number of amides is 2. The Morgan fingerprint density at radius 3 is 2.61 bits per heavy atom. The number of anilines is 2. The molecule has 33 heavy (non-hydrogen) atoms. The number of carbonyl (C=O) groups excluding carboxylic acids is 2. The molecule has 0 spiro atoms. The monoisotopic (exact) mass is 464 g/mol. The lowest BCUT2D eigenvalue weighted by molar-refractivity contribution is 0.102.